The average Bonchev–Trinajstić information content (AvgIpc) is 2.98. The number of nitro benzene ring substituents is 1. The van der Waals surface area contributed by atoms with Gasteiger partial charge in [-0.3, -0.25) is 19.7 Å². The lowest BCUT2D eigenvalue weighted by molar-refractivity contribution is -0.384. The van der Waals surface area contributed by atoms with E-state index in [2.05, 4.69) is 10.2 Å². The zero-order chi connectivity index (χ0) is 29.1. The van der Waals surface area contributed by atoms with Crippen LogP contribution in [-0.2, 0) is 13.0 Å². The highest BCUT2D eigenvalue weighted by atomic mass is 19.1. The highest BCUT2D eigenvalue weighted by molar-refractivity contribution is 6.00. The van der Waals surface area contributed by atoms with E-state index < -0.39 is 10.8 Å². The van der Waals surface area contributed by atoms with Crippen LogP contribution in [0.3, 0.4) is 0 Å². The monoisotopic (exact) mass is 552 g/mol. The van der Waals surface area contributed by atoms with Gasteiger partial charge in [0.2, 0.25) is 5.91 Å². The number of carbonyl (C=O) groups excluding carboxylic acids is 2. The van der Waals surface area contributed by atoms with Crippen LogP contribution in [0.1, 0.15) is 56.8 Å². The third-order valence-electron chi connectivity index (χ3n) is 7.42. The molecule has 1 heterocycles. The maximum Gasteiger partial charge on any atom is 0.269 e. The standard InChI is InChI=1S/C32H29FN4O4/c1-20(21-8-12-26(13-9-21)37(40)41)35-32(39)24-11-15-30-23(18-24)5-4-16-36(30)19-25-17-22(10-14-29(25)33)27-6-2-3-7-28(27)31(34)38/h2-3,6-15,17-18,20H,4-5,16,19H2,1H3,(H2,34,38)(H,35,39)/t20-/m0/s1. The molecule has 4 aromatic rings. The summed E-state index contributed by atoms with van der Waals surface area (Å²) in [6, 6.07) is 23.1. The van der Waals surface area contributed by atoms with E-state index in [0.717, 1.165) is 36.2 Å². The van der Waals surface area contributed by atoms with E-state index in [1.54, 1.807) is 48.5 Å². The Morgan fingerprint density at radius 2 is 1.80 bits per heavy atom. The first kappa shape index (κ1) is 27.5. The quantitative estimate of drug-likeness (QED) is 0.207. The van der Waals surface area contributed by atoms with Crippen molar-refractivity contribution in [2.24, 2.45) is 5.73 Å². The normalized spacial score (nSPS) is 13.3. The molecule has 1 atom stereocenters. The molecule has 2 amide bonds. The van der Waals surface area contributed by atoms with Gasteiger partial charge in [-0.1, -0.05) is 36.4 Å². The Morgan fingerprint density at radius 3 is 2.54 bits per heavy atom. The maximum atomic E-state index is 15.0. The minimum Gasteiger partial charge on any atom is -0.367 e. The fourth-order valence-corrected chi connectivity index (χ4v) is 5.25. The van der Waals surface area contributed by atoms with E-state index in [1.807, 2.05) is 25.1 Å². The summed E-state index contributed by atoms with van der Waals surface area (Å²) in [5.41, 5.74) is 11.0. The molecular weight excluding hydrogens is 523 g/mol. The molecule has 208 valence electrons. The van der Waals surface area contributed by atoms with Crippen LogP contribution >= 0.6 is 0 Å². The summed E-state index contributed by atoms with van der Waals surface area (Å²) in [5.74, 6) is -1.13. The van der Waals surface area contributed by atoms with Crippen molar-refractivity contribution in [2.45, 2.75) is 32.4 Å². The summed E-state index contributed by atoms with van der Waals surface area (Å²) < 4.78 is 15.0. The summed E-state index contributed by atoms with van der Waals surface area (Å²) in [4.78, 5) is 37.5. The second kappa shape index (κ2) is 11.6. The van der Waals surface area contributed by atoms with Crippen LogP contribution in [0.2, 0.25) is 0 Å². The first-order chi connectivity index (χ1) is 19.7. The molecule has 0 aliphatic carbocycles. The van der Waals surface area contributed by atoms with Gasteiger partial charge in [0.05, 0.1) is 11.0 Å². The largest absolute Gasteiger partial charge is 0.367 e. The molecule has 0 spiro atoms. The fraction of sp³-hybridized carbons (Fsp3) is 0.188. The smallest absolute Gasteiger partial charge is 0.269 e. The molecule has 0 aromatic heterocycles. The molecule has 5 rings (SSSR count). The molecule has 0 unspecified atom stereocenters. The Labute approximate surface area is 236 Å². The predicted octanol–water partition coefficient (Wildman–Crippen LogP) is 5.94. The van der Waals surface area contributed by atoms with Gasteiger partial charge in [0, 0.05) is 47.6 Å². The van der Waals surface area contributed by atoms with Crippen molar-refractivity contribution in [3.8, 4) is 11.1 Å². The number of rotatable bonds is 8. The second-order valence-electron chi connectivity index (χ2n) is 10.1. The number of nitrogens with two attached hydrogens (primary N) is 1. The van der Waals surface area contributed by atoms with Crippen molar-refractivity contribution in [3.63, 3.8) is 0 Å². The van der Waals surface area contributed by atoms with Crippen molar-refractivity contribution < 1.29 is 18.9 Å². The van der Waals surface area contributed by atoms with Crippen molar-refractivity contribution in [3.05, 3.63) is 129 Å². The zero-order valence-corrected chi connectivity index (χ0v) is 22.5. The number of hydrogen-bond acceptors (Lipinski definition) is 5. The third-order valence-corrected chi connectivity index (χ3v) is 7.42. The van der Waals surface area contributed by atoms with Gasteiger partial charge in [-0.05, 0) is 78.4 Å². The van der Waals surface area contributed by atoms with E-state index in [-0.39, 0.29) is 23.5 Å². The Morgan fingerprint density at radius 1 is 1.05 bits per heavy atom. The molecule has 8 nitrogen and oxygen atoms in total. The number of amides is 2. The topological polar surface area (TPSA) is 119 Å². The lowest BCUT2D eigenvalue weighted by Gasteiger charge is -2.32. The van der Waals surface area contributed by atoms with Gasteiger partial charge in [-0.25, -0.2) is 4.39 Å². The molecule has 0 saturated carbocycles. The number of non-ortho nitro benzene ring substituents is 1. The summed E-state index contributed by atoms with van der Waals surface area (Å²) in [6.07, 6.45) is 1.64. The Kier molecular flexibility index (Phi) is 7.78. The molecule has 9 heteroatoms. The number of fused-ring (bicyclic) bond motifs is 1. The van der Waals surface area contributed by atoms with E-state index >= 15 is 0 Å². The van der Waals surface area contributed by atoms with Crippen LogP contribution in [0, 0.1) is 15.9 Å². The Hall–Kier alpha value is -5.05. The predicted molar refractivity (Wildman–Crippen MR) is 155 cm³/mol. The fourth-order valence-electron chi connectivity index (χ4n) is 5.25. The number of carbonyl (C=O) groups is 2. The zero-order valence-electron chi connectivity index (χ0n) is 22.5. The van der Waals surface area contributed by atoms with Crippen molar-refractivity contribution in [1.29, 1.82) is 0 Å². The summed E-state index contributed by atoms with van der Waals surface area (Å²) in [6.45, 7) is 2.88. The Bertz CT molecular complexity index is 1640. The first-order valence-corrected chi connectivity index (χ1v) is 13.3. The van der Waals surface area contributed by atoms with Gasteiger partial charge in [0.1, 0.15) is 5.82 Å². The lowest BCUT2D eigenvalue weighted by atomic mass is 9.96. The van der Waals surface area contributed by atoms with E-state index in [0.29, 0.717) is 34.4 Å². The molecule has 41 heavy (non-hydrogen) atoms. The Balaban J connectivity index is 1.34. The van der Waals surface area contributed by atoms with E-state index in [4.69, 9.17) is 5.73 Å². The van der Waals surface area contributed by atoms with Crippen molar-refractivity contribution in [1.82, 2.24) is 5.32 Å². The van der Waals surface area contributed by atoms with Crippen molar-refractivity contribution >= 4 is 23.2 Å². The summed E-state index contributed by atoms with van der Waals surface area (Å²) in [5, 5.41) is 13.9. The van der Waals surface area contributed by atoms with Crippen LogP contribution in [0.15, 0.2) is 84.9 Å². The average molecular weight is 553 g/mol. The van der Waals surface area contributed by atoms with Gasteiger partial charge in [-0.15, -0.1) is 0 Å². The number of benzene rings is 4. The minimum absolute atomic E-state index is 0.00592. The van der Waals surface area contributed by atoms with Crippen LogP contribution in [0.4, 0.5) is 15.8 Å². The third kappa shape index (κ3) is 5.94. The summed E-state index contributed by atoms with van der Waals surface area (Å²) >= 11 is 0. The molecule has 0 bridgehead atoms. The second-order valence-corrected chi connectivity index (χ2v) is 10.1. The van der Waals surface area contributed by atoms with Crippen LogP contribution in [0.25, 0.3) is 11.1 Å². The number of halogens is 1. The molecule has 0 fully saturated rings. The van der Waals surface area contributed by atoms with Gasteiger partial charge in [0.25, 0.3) is 11.6 Å². The lowest BCUT2D eigenvalue weighted by Crippen LogP contribution is -2.30. The number of nitrogens with one attached hydrogen (secondary N) is 1. The van der Waals surface area contributed by atoms with Crippen LogP contribution < -0.4 is 16.0 Å². The van der Waals surface area contributed by atoms with Gasteiger partial charge in [-0.2, -0.15) is 0 Å². The molecule has 0 radical (unpaired) electrons. The van der Waals surface area contributed by atoms with Crippen LogP contribution in [0.5, 0.6) is 0 Å². The molecular formula is C32H29FN4O4. The first-order valence-electron chi connectivity index (χ1n) is 13.3. The highest BCUT2D eigenvalue weighted by Crippen LogP contribution is 2.32. The molecule has 4 aromatic carbocycles. The number of nitro groups is 1. The summed E-state index contributed by atoms with van der Waals surface area (Å²) in [7, 11) is 0. The van der Waals surface area contributed by atoms with Gasteiger partial charge in [0.15, 0.2) is 0 Å². The molecule has 1 aliphatic heterocycles. The van der Waals surface area contributed by atoms with E-state index in [9.17, 15) is 24.1 Å². The maximum absolute atomic E-state index is 15.0. The molecule has 1 aliphatic rings. The molecule has 0 saturated heterocycles. The number of nitrogens with zero attached hydrogens (tertiary/aromatic N) is 2. The number of aryl methyl sites for hydroxylation is 1. The van der Waals surface area contributed by atoms with Crippen molar-refractivity contribution in [2.75, 3.05) is 11.4 Å². The van der Waals surface area contributed by atoms with Gasteiger partial charge < -0.3 is 16.0 Å². The van der Waals surface area contributed by atoms with Gasteiger partial charge >= 0.3 is 0 Å². The highest BCUT2D eigenvalue weighted by Gasteiger charge is 2.21. The number of primary amides is 1. The SMILES string of the molecule is C[C@H](NC(=O)c1ccc2c(c1)CCCN2Cc1cc(-c2ccccc2C(N)=O)ccc1F)c1ccc([N+](=O)[O-])cc1. The van der Waals surface area contributed by atoms with Crippen LogP contribution in [-0.4, -0.2) is 23.3 Å². The molecule has 3 N–H and O–H groups in total. The number of hydrogen-bond donors (Lipinski definition) is 2. The van der Waals surface area contributed by atoms with E-state index in [1.165, 1.54) is 18.2 Å². The number of anilines is 1. The minimum atomic E-state index is -0.543.